The summed E-state index contributed by atoms with van der Waals surface area (Å²) in [5.74, 6) is 5.69. The molecule has 2 aromatic carbocycles. The van der Waals surface area contributed by atoms with E-state index in [0.717, 1.165) is 15.6 Å². The largest absolute Gasteiger partial charge is 0.271 e. The fourth-order valence-electron chi connectivity index (χ4n) is 2.08. The molecule has 1 unspecified atom stereocenters. The van der Waals surface area contributed by atoms with E-state index in [-0.39, 0.29) is 6.04 Å². The lowest BCUT2D eigenvalue weighted by atomic mass is 9.98. The lowest BCUT2D eigenvalue weighted by Gasteiger charge is -2.18. The minimum Gasteiger partial charge on any atom is -0.271 e. The van der Waals surface area contributed by atoms with Crippen LogP contribution in [0.3, 0.4) is 0 Å². The summed E-state index contributed by atoms with van der Waals surface area (Å²) in [6, 6.07) is 11.8. The zero-order valence-electron chi connectivity index (χ0n) is 11.0. The molecular weight excluding hydrogens is 359 g/mol. The number of benzene rings is 2. The van der Waals surface area contributed by atoms with E-state index in [1.54, 1.807) is 6.07 Å². The van der Waals surface area contributed by atoms with Gasteiger partial charge in [0.15, 0.2) is 0 Å². The number of nitrogens with two attached hydrogens (primary N) is 1. The monoisotopic (exact) mass is 372 g/mol. The number of hydrazine groups is 1. The molecule has 2 nitrogen and oxygen atoms in total. The maximum Gasteiger partial charge on any atom is 0.0624 e. The van der Waals surface area contributed by atoms with E-state index in [9.17, 15) is 0 Å². The minimum atomic E-state index is -0.0160. The average Bonchev–Trinajstić information content (AvgIpc) is 2.44. The maximum atomic E-state index is 6.23. The Balaban J connectivity index is 2.28. The Hall–Kier alpha value is -0.580. The molecule has 3 N–H and O–H groups in total. The van der Waals surface area contributed by atoms with Crippen molar-refractivity contribution in [1.82, 2.24) is 5.43 Å². The molecule has 0 saturated carbocycles. The van der Waals surface area contributed by atoms with E-state index in [1.807, 2.05) is 31.2 Å². The lowest BCUT2D eigenvalue weighted by Crippen LogP contribution is -2.29. The van der Waals surface area contributed by atoms with Crippen LogP contribution >= 0.6 is 39.1 Å². The number of halogens is 3. The Morgan fingerprint density at radius 2 is 2.00 bits per heavy atom. The van der Waals surface area contributed by atoms with Gasteiger partial charge >= 0.3 is 0 Å². The molecule has 0 saturated heterocycles. The van der Waals surface area contributed by atoms with E-state index in [4.69, 9.17) is 29.0 Å². The van der Waals surface area contributed by atoms with Crippen LogP contribution in [0, 0.1) is 6.92 Å². The van der Waals surface area contributed by atoms with E-state index in [0.29, 0.717) is 16.5 Å². The van der Waals surface area contributed by atoms with Gasteiger partial charge < -0.3 is 0 Å². The predicted octanol–water partition coefficient (Wildman–Crippen LogP) is 4.81. The number of aryl methyl sites for hydroxylation is 1. The second-order valence-electron chi connectivity index (χ2n) is 4.64. The Morgan fingerprint density at radius 3 is 2.65 bits per heavy atom. The fourth-order valence-corrected chi connectivity index (χ4v) is 2.73. The van der Waals surface area contributed by atoms with Gasteiger partial charge in [0, 0.05) is 4.47 Å². The normalized spacial score (nSPS) is 12.4. The molecule has 5 heteroatoms. The van der Waals surface area contributed by atoms with Gasteiger partial charge in [0.25, 0.3) is 0 Å². The zero-order chi connectivity index (χ0) is 14.7. The quantitative estimate of drug-likeness (QED) is 0.596. The fraction of sp³-hybridized carbons (Fsp3) is 0.200. The second-order valence-corrected chi connectivity index (χ2v) is 6.28. The van der Waals surface area contributed by atoms with Crippen LogP contribution < -0.4 is 11.3 Å². The third-order valence-corrected chi connectivity index (χ3v) is 4.99. The number of hydrogen-bond acceptors (Lipinski definition) is 2. The van der Waals surface area contributed by atoms with Crippen LogP contribution in [-0.4, -0.2) is 0 Å². The maximum absolute atomic E-state index is 6.23. The molecule has 0 amide bonds. The van der Waals surface area contributed by atoms with Crippen molar-refractivity contribution in [3.05, 3.63) is 67.6 Å². The van der Waals surface area contributed by atoms with Crippen molar-refractivity contribution in [3.63, 3.8) is 0 Å². The highest BCUT2D eigenvalue weighted by Gasteiger charge is 2.14. The summed E-state index contributed by atoms with van der Waals surface area (Å²) >= 11 is 15.8. The lowest BCUT2D eigenvalue weighted by molar-refractivity contribution is 0.551. The molecule has 106 valence electrons. The highest BCUT2D eigenvalue weighted by Crippen LogP contribution is 2.30. The third-order valence-electron chi connectivity index (χ3n) is 3.24. The highest BCUT2D eigenvalue weighted by molar-refractivity contribution is 9.10. The second kappa shape index (κ2) is 6.92. The van der Waals surface area contributed by atoms with E-state index >= 15 is 0 Å². The first kappa shape index (κ1) is 15.8. The molecule has 0 spiro atoms. The van der Waals surface area contributed by atoms with E-state index in [1.165, 1.54) is 5.56 Å². The number of nitrogens with one attached hydrogen (secondary N) is 1. The molecule has 0 aliphatic carbocycles. The molecule has 0 aliphatic rings. The van der Waals surface area contributed by atoms with Gasteiger partial charge in [-0.25, -0.2) is 0 Å². The smallest absolute Gasteiger partial charge is 0.0624 e. The van der Waals surface area contributed by atoms with Crippen molar-refractivity contribution < 1.29 is 0 Å². The Kier molecular flexibility index (Phi) is 5.47. The van der Waals surface area contributed by atoms with Gasteiger partial charge in [-0.2, -0.15) is 0 Å². The first-order chi connectivity index (χ1) is 9.52. The summed E-state index contributed by atoms with van der Waals surface area (Å²) in [7, 11) is 0. The molecule has 0 aliphatic heterocycles. The van der Waals surface area contributed by atoms with Crippen LogP contribution in [0.1, 0.15) is 22.7 Å². The van der Waals surface area contributed by atoms with Crippen molar-refractivity contribution in [2.75, 3.05) is 0 Å². The van der Waals surface area contributed by atoms with Crippen LogP contribution in [0.15, 0.2) is 40.9 Å². The van der Waals surface area contributed by atoms with Crippen LogP contribution in [0.4, 0.5) is 0 Å². The predicted molar refractivity (Wildman–Crippen MR) is 89.1 cm³/mol. The molecule has 1 atom stereocenters. The van der Waals surface area contributed by atoms with Gasteiger partial charge in [-0.15, -0.1) is 0 Å². The van der Waals surface area contributed by atoms with Gasteiger partial charge in [0.1, 0.15) is 0 Å². The molecule has 0 aromatic heterocycles. The van der Waals surface area contributed by atoms with Crippen molar-refractivity contribution in [2.45, 2.75) is 19.4 Å². The van der Waals surface area contributed by atoms with Crippen molar-refractivity contribution in [1.29, 1.82) is 0 Å². The average molecular weight is 374 g/mol. The van der Waals surface area contributed by atoms with Crippen LogP contribution in [0.2, 0.25) is 10.0 Å². The van der Waals surface area contributed by atoms with Gasteiger partial charge in [-0.3, -0.25) is 11.3 Å². The highest BCUT2D eigenvalue weighted by atomic mass is 79.9. The SMILES string of the molecule is Cc1cc(C(Cc2cccc(Cl)c2Cl)NN)ccc1Br. The van der Waals surface area contributed by atoms with Gasteiger partial charge in [0.05, 0.1) is 16.1 Å². The number of hydrogen-bond donors (Lipinski definition) is 2. The Morgan fingerprint density at radius 1 is 1.25 bits per heavy atom. The molecular formula is C15H15BrCl2N2. The Bertz CT molecular complexity index is 617. The number of rotatable bonds is 4. The van der Waals surface area contributed by atoms with Crippen molar-refractivity contribution >= 4 is 39.1 Å². The molecule has 2 rings (SSSR count). The molecule has 0 heterocycles. The first-order valence-corrected chi connectivity index (χ1v) is 7.73. The summed E-state index contributed by atoms with van der Waals surface area (Å²) in [5, 5.41) is 1.15. The minimum absolute atomic E-state index is 0.0160. The standard InChI is InChI=1S/C15H15BrCl2N2/c1-9-7-10(5-6-12(9)16)14(20-19)8-11-3-2-4-13(17)15(11)18/h2-7,14,20H,8,19H2,1H3. The van der Waals surface area contributed by atoms with Crippen LogP contribution in [0.25, 0.3) is 0 Å². The Labute approximate surface area is 137 Å². The topological polar surface area (TPSA) is 38.0 Å². The molecule has 2 aromatic rings. The molecule has 0 radical (unpaired) electrons. The summed E-state index contributed by atoms with van der Waals surface area (Å²) in [4.78, 5) is 0. The van der Waals surface area contributed by atoms with Crippen LogP contribution in [0.5, 0.6) is 0 Å². The molecule has 0 bridgehead atoms. The zero-order valence-corrected chi connectivity index (χ0v) is 14.1. The van der Waals surface area contributed by atoms with Gasteiger partial charge in [0.2, 0.25) is 0 Å². The van der Waals surface area contributed by atoms with Crippen molar-refractivity contribution in [2.24, 2.45) is 5.84 Å². The van der Waals surface area contributed by atoms with Gasteiger partial charge in [-0.05, 0) is 42.2 Å². The summed E-state index contributed by atoms with van der Waals surface area (Å²) in [6.45, 7) is 2.05. The van der Waals surface area contributed by atoms with Crippen molar-refractivity contribution in [3.8, 4) is 0 Å². The molecule has 20 heavy (non-hydrogen) atoms. The summed E-state index contributed by atoms with van der Waals surface area (Å²) in [6.07, 6.45) is 0.678. The van der Waals surface area contributed by atoms with Gasteiger partial charge in [-0.1, -0.05) is 63.4 Å². The van der Waals surface area contributed by atoms with E-state index in [2.05, 4.69) is 27.4 Å². The first-order valence-electron chi connectivity index (χ1n) is 6.18. The van der Waals surface area contributed by atoms with Crippen LogP contribution in [-0.2, 0) is 6.42 Å². The summed E-state index contributed by atoms with van der Waals surface area (Å²) in [5.41, 5.74) is 6.10. The summed E-state index contributed by atoms with van der Waals surface area (Å²) < 4.78 is 1.08. The van der Waals surface area contributed by atoms with E-state index < -0.39 is 0 Å². The molecule has 0 fully saturated rings. The third kappa shape index (κ3) is 3.54.